The monoisotopic (exact) mass is 478 g/mol. The average Bonchev–Trinajstić information content (AvgIpc) is 3.15. The number of carboxylic acid groups (broad SMARTS) is 1. The third-order valence-electron chi connectivity index (χ3n) is 7.27. The molecule has 35 heavy (non-hydrogen) atoms. The van der Waals surface area contributed by atoms with E-state index in [2.05, 4.69) is 34.9 Å². The molecule has 0 heterocycles. The number of fused-ring (bicyclic) bond motifs is 3. The molecule has 0 aliphatic heterocycles. The van der Waals surface area contributed by atoms with E-state index < -0.39 is 23.6 Å². The van der Waals surface area contributed by atoms with Gasteiger partial charge in [-0.3, -0.25) is 4.79 Å². The molecule has 0 radical (unpaired) electrons. The molecule has 7 heteroatoms. The van der Waals surface area contributed by atoms with Gasteiger partial charge in [0.1, 0.15) is 12.6 Å². The maximum absolute atomic E-state index is 13.0. The van der Waals surface area contributed by atoms with E-state index in [0.717, 1.165) is 41.5 Å². The lowest BCUT2D eigenvalue weighted by Crippen LogP contribution is -2.54. The standard InChI is InChI=1S/C28H34N2O5/c1-18(2)25(26(32)33)29-24(31)16-28(14-8-3-9-15-28)30-27(34)35-17-23-21-12-6-4-10-19(21)20-11-5-7-13-22(20)23/h4-7,10-13,18,23,25H,3,8-9,14-17H2,1-2H3,(H,29,31)(H,30,34)(H,32,33)/t25-/m1/s1. The minimum absolute atomic E-state index is 0.0354. The lowest BCUT2D eigenvalue weighted by atomic mass is 9.79. The predicted octanol–water partition coefficient (Wildman–Crippen LogP) is 4.84. The van der Waals surface area contributed by atoms with Crippen LogP contribution in [0.3, 0.4) is 0 Å². The summed E-state index contributed by atoms with van der Waals surface area (Å²) in [6, 6.07) is 15.4. The van der Waals surface area contributed by atoms with E-state index in [1.807, 2.05) is 24.3 Å². The Balaban J connectivity index is 1.42. The van der Waals surface area contributed by atoms with Crippen molar-refractivity contribution in [1.29, 1.82) is 0 Å². The molecule has 0 unspecified atom stereocenters. The Labute approximate surface area is 206 Å². The van der Waals surface area contributed by atoms with Crippen molar-refractivity contribution in [3.05, 3.63) is 59.7 Å². The van der Waals surface area contributed by atoms with Gasteiger partial charge in [-0.1, -0.05) is 81.6 Å². The molecule has 186 valence electrons. The Morgan fingerprint density at radius 1 is 0.971 bits per heavy atom. The van der Waals surface area contributed by atoms with Crippen LogP contribution in [0.15, 0.2) is 48.5 Å². The lowest BCUT2D eigenvalue weighted by molar-refractivity contribution is -0.143. The highest BCUT2D eigenvalue weighted by molar-refractivity contribution is 5.85. The molecule has 0 bridgehead atoms. The fourth-order valence-corrected chi connectivity index (χ4v) is 5.47. The predicted molar refractivity (Wildman–Crippen MR) is 133 cm³/mol. The number of aliphatic carboxylic acids is 1. The molecule has 0 spiro atoms. The highest BCUT2D eigenvalue weighted by atomic mass is 16.5. The highest BCUT2D eigenvalue weighted by Gasteiger charge is 2.38. The number of hydrogen-bond donors (Lipinski definition) is 3. The first-order valence-electron chi connectivity index (χ1n) is 12.4. The van der Waals surface area contributed by atoms with Crippen molar-refractivity contribution in [2.75, 3.05) is 6.61 Å². The number of amides is 2. The number of carbonyl (C=O) groups is 3. The topological polar surface area (TPSA) is 105 Å². The van der Waals surface area contributed by atoms with Gasteiger partial charge in [0.2, 0.25) is 5.91 Å². The number of ether oxygens (including phenoxy) is 1. The molecule has 2 aliphatic rings. The van der Waals surface area contributed by atoms with E-state index in [-0.39, 0.29) is 30.8 Å². The fourth-order valence-electron chi connectivity index (χ4n) is 5.47. The van der Waals surface area contributed by atoms with E-state index in [9.17, 15) is 19.5 Å². The van der Waals surface area contributed by atoms with Gasteiger partial charge in [-0.25, -0.2) is 9.59 Å². The molecule has 1 fully saturated rings. The van der Waals surface area contributed by atoms with Crippen LogP contribution >= 0.6 is 0 Å². The maximum Gasteiger partial charge on any atom is 0.407 e. The van der Waals surface area contributed by atoms with Crippen LogP contribution in [0.5, 0.6) is 0 Å². The second-order valence-electron chi connectivity index (χ2n) is 10.1. The summed E-state index contributed by atoms with van der Waals surface area (Å²) in [6.07, 6.45) is 3.63. The van der Waals surface area contributed by atoms with Crippen molar-refractivity contribution >= 4 is 18.0 Å². The van der Waals surface area contributed by atoms with E-state index in [1.165, 1.54) is 0 Å². The molecular weight excluding hydrogens is 444 g/mol. The molecule has 2 aliphatic carbocycles. The summed E-state index contributed by atoms with van der Waals surface area (Å²) in [6.45, 7) is 3.71. The minimum atomic E-state index is -1.06. The van der Waals surface area contributed by atoms with Gasteiger partial charge >= 0.3 is 12.1 Å². The van der Waals surface area contributed by atoms with Crippen LogP contribution in [0, 0.1) is 5.92 Å². The smallest absolute Gasteiger partial charge is 0.407 e. The number of alkyl carbamates (subject to hydrolysis) is 1. The summed E-state index contributed by atoms with van der Waals surface area (Å²) >= 11 is 0. The second-order valence-corrected chi connectivity index (χ2v) is 10.1. The van der Waals surface area contributed by atoms with Gasteiger partial charge in [0.15, 0.2) is 0 Å². The van der Waals surface area contributed by atoms with Gasteiger partial charge in [0.25, 0.3) is 0 Å². The third-order valence-corrected chi connectivity index (χ3v) is 7.27. The van der Waals surface area contributed by atoms with Crippen molar-refractivity contribution in [2.24, 2.45) is 5.92 Å². The van der Waals surface area contributed by atoms with Gasteiger partial charge in [-0.05, 0) is 41.0 Å². The largest absolute Gasteiger partial charge is 0.480 e. The van der Waals surface area contributed by atoms with Gasteiger partial charge in [-0.15, -0.1) is 0 Å². The highest BCUT2D eigenvalue weighted by Crippen LogP contribution is 2.44. The zero-order valence-corrected chi connectivity index (χ0v) is 20.4. The normalized spacial score (nSPS) is 17.2. The zero-order chi connectivity index (χ0) is 25.0. The van der Waals surface area contributed by atoms with E-state index in [1.54, 1.807) is 13.8 Å². The summed E-state index contributed by atoms with van der Waals surface area (Å²) in [5.41, 5.74) is 3.87. The molecule has 0 saturated heterocycles. The summed E-state index contributed by atoms with van der Waals surface area (Å²) in [4.78, 5) is 37.3. The van der Waals surface area contributed by atoms with Crippen LogP contribution < -0.4 is 10.6 Å². The quantitative estimate of drug-likeness (QED) is 0.503. The number of carbonyl (C=O) groups excluding carboxylic acids is 2. The van der Waals surface area contributed by atoms with Gasteiger partial charge in [-0.2, -0.15) is 0 Å². The molecule has 1 atom stereocenters. The van der Waals surface area contributed by atoms with Gasteiger partial charge < -0.3 is 20.5 Å². The number of carboxylic acids is 1. The van der Waals surface area contributed by atoms with Crippen molar-refractivity contribution in [1.82, 2.24) is 10.6 Å². The molecule has 1 saturated carbocycles. The fraction of sp³-hybridized carbons (Fsp3) is 0.464. The summed E-state index contributed by atoms with van der Waals surface area (Å²) in [5, 5.41) is 15.0. The summed E-state index contributed by atoms with van der Waals surface area (Å²) < 4.78 is 5.73. The molecule has 7 nitrogen and oxygen atoms in total. The number of rotatable bonds is 8. The SMILES string of the molecule is CC(C)[C@@H](NC(=O)CC1(NC(=O)OCC2c3ccccc3-c3ccccc32)CCCCC1)C(=O)O. The molecule has 4 rings (SSSR count). The Bertz CT molecular complexity index is 1040. The molecule has 0 aromatic heterocycles. The second kappa shape index (κ2) is 10.5. The van der Waals surface area contributed by atoms with E-state index >= 15 is 0 Å². The van der Waals surface area contributed by atoms with E-state index in [4.69, 9.17) is 4.74 Å². The van der Waals surface area contributed by atoms with Crippen LogP contribution in [0.2, 0.25) is 0 Å². The third kappa shape index (κ3) is 5.50. The molecular formula is C28H34N2O5. The van der Waals surface area contributed by atoms with Crippen molar-refractivity contribution < 1.29 is 24.2 Å². The van der Waals surface area contributed by atoms with Crippen LogP contribution in [-0.2, 0) is 14.3 Å². The Morgan fingerprint density at radius 2 is 1.54 bits per heavy atom. The first-order valence-corrected chi connectivity index (χ1v) is 12.4. The lowest BCUT2D eigenvalue weighted by Gasteiger charge is -2.37. The molecule has 2 aromatic rings. The van der Waals surface area contributed by atoms with Crippen LogP contribution in [0.1, 0.15) is 69.4 Å². The van der Waals surface area contributed by atoms with Crippen LogP contribution in [0.25, 0.3) is 11.1 Å². The van der Waals surface area contributed by atoms with Crippen molar-refractivity contribution in [3.63, 3.8) is 0 Å². The minimum Gasteiger partial charge on any atom is -0.480 e. The molecule has 2 amide bonds. The average molecular weight is 479 g/mol. The molecule has 3 N–H and O–H groups in total. The van der Waals surface area contributed by atoms with E-state index in [0.29, 0.717) is 12.8 Å². The van der Waals surface area contributed by atoms with Crippen LogP contribution in [-0.4, -0.2) is 41.3 Å². The van der Waals surface area contributed by atoms with Gasteiger partial charge in [0.05, 0.1) is 5.54 Å². The summed E-state index contributed by atoms with van der Waals surface area (Å²) in [5.74, 6) is -1.71. The number of hydrogen-bond acceptors (Lipinski definition) is 4. The maximum atomic E-state index is 13.0. The van der Waals surface area contributed by atoms with Crippen molar-refractivity contribution in [2.45, 2.75) is 69.9 Å². The Kier molecular flexibility index (Phi) is 7.43. The molecule has 2 aromatic carbocycles. The Morgan fingerprint density at radius 3 is 2.09 bits per heavy atom. The van der Waals surface area contributed by atoms with Gasteiger partial charge in [0, 0.05) is 12.3 Å². The number of nitrogens with one attached hydrogen (secondary N) is 2. The number of benzene rings is 2. The summed E-state index contributed by atoms with van der Waals surface area (Å²) in [7, 11) is 0. The zero-order valence-electron chi connectivity index (χ0n) is 20.4. The van der Waals surface area contributed by atoms with Crippen molar-refractivity contribution in [3.8, 4) is 11.1 Å². The first-order chi connectivity index (χ1) is 16.8. The first kappa shape index (κ1) is 24.8. The Hall–Kier alpha value is -3.35. The van der Waals surface area contributed by atoms with Crippen LogP contribution in [0.4, 0.5) is 4.79 Å².